The Hall–Kier alpha value is -0.940. The first kappa shape index (κ1) is 9.15. The second-order valence-electron chi connectivity index (χ2n) is 2.35. The summed E-state index contributed by atoms with van der Waals surface area (Å²) in [7, 11) is 1.73. The van der Waals surface area contributed by atoms with E-state index in [1.807, 2.05) is 6.92 Å². The molecule has 4 nitrogen and oxygen atoms in total. The Morgan fingerprint density at radius 1 is 1.75 bits per heavy atom. The molecular weight excluding hydrogens is 174 g/mol. The lowest BCUT2D eigenvalue weighted by Crippen LogP contribution is -2.24. The van der Waals surface area contributed by atoms with Crippen molar-refractivity contribution in [1.82, 2.24) is 10.3 Å². The minimum Gasteiger partial charge on any atom is -0.311 e. The zero-order valence-electron chi connectivity index (χ0n) is 7.05. The van der Waals surface area contributed by atoms with E-state index in [1.165, 1.54) is 11.3 Å². The molecule has 0 saturated heterocycles. The Morgan fingerprint density at radius 3 is 3.00 bits per heavy atom. The van der Waals surface area contributed by atoms with Gasteiger partial charge in [-0.1, -0.05) is 0 Å². The van der Waals surface area contributed by atoms with Crippen molar-refractivity contribution in [2.24, 2.45) is 0 Å². The van der Waals surface area contributed by atoms with E-state index < -0.39 is 0 Å². The van der Waals surface area contributed by atoms with Crippen LogP contribution in [-0.2, 0) is 4.79 Å². The number of aryl methyl sites for hydroxylation is 1. The minimum absolute atomic E-state index is 0.0631. The number of thiazole rings is 1. The van der Waals surface area contributed by atoms with Gasteiger partial charge in [-0.2, -0.15) is 0 Å². The maximum Gasteiger partial charge on any atom is 0.240 e. The molecule has 0 spiro atoms. The average molecular weight is 185 g/mol. The number of anilines is 1. The average Bonchev–Trinajstić information content (AvgIpc) is 2.36. The lowest BCUT2D eigenvalue weighted by atomic mass is 10.6. The van der Waals surface area contributed by atoms with Crippen molar-refractivity contribution in [3.05, 3.63) is 11.1 Å². The molecule has 1 amide bonds. The molecule has 66 valence electrons. The van der Waals surface area contributed by atoms with Crippen molar-refractivity contribution in [3.8, 4) is 0 Å². The van der Waals surface area contributed by atoms with Crippen LogP contribution in [0.2, 0.25) is 0 Å². The quantitative estimate of drug-likeness (QED) is 0.725. The van der Waals surface area contributed by atoms with Crippen LogP contribution in [0.15, 0.2) is 6.20 Å². The van der Waals surface area contributed by atoms with Gasteiger partial charge in [0, 0.05) is 11.1 Å². The van der Waals surface area contributed by atoms with Crippen molar-refractivity contribution in [2.45, 2.75) is 6.92 Å². The van der Waals surface area contributed by atoms with Crippen molar-refractivity contribution in [3.63, 3.8) is 0 Å². The highest BCUT2D eigenvalue weighted by molar-refractivity contribution is 7.15. The largest absolute Gasteiger partial charge is 0.311 e. The van der Waals surface area contributed by atoms with E-state index in [-0.39, 0.29) is 5.91 Å². The molecule has 0 radical (unpaired) electrons. The van der Waals surface area contributed by atoms with Crippen LogP contribution in [0.4, 0.5) is 5.13 Å². The third-order valence-electron chi connectivity index (χ3n) is 1.20. The van der Waals surface area contributed by atoms with Gasteiger partial charge in [-0.15, -0.1) is 11.3 Å². The monoisotopic (exact) mass is 185 g/mol. The molecule has 0 fully saturated rings. The fourth-order valence-electron chi connectivity index (χ4n) is 0.737. The molecule has 0 saturated carbocycles. The molecule has 12 heavy (non-hydrogen) atoms. The molecule has 0 aliphatic carbocycles. The van der Waals surface area contributed by atoms with Gasteiger partial charge in [0.2, 0.25) is 5.91 Å². The second-order valence-corrected chi connectivity index (χ2v) is 3.59. The number of amides is 1. The number of likely N-dealkylation sites (N-methyl/N-ethyl adjacent to an activating group) is 1. The fourth-order valence-corrected chi connectivity index (χ4v) is 1.42. The molecule has 2 N–H and O–H groups in total. The van der Waals surface area contributed by atoms with Crippen LogP contribution in [0.5, 0.6) is 0 Å². The van der Waals surface area contributed by atoms with E-state index in [2.05, 4.69) is 15.6 Å². The first-order chi connectivity index (χ1) is 5.72. The number of rotatable bonds is 3. The van der Waals surface area contributed by atoms with E-state index in [0.717, 1.165) is 4.88 Å². The highest BCUT2D eigenvalue weighted by Crippen LogP contribution is 2.15. The van der Waals surface area contributed by atoms with Crippen LogP contribution >= 0.6 is 11.3 Å². The van der Waals surface area contributed by atoms with Gasteiger partial charge < -0.3 is 10.6 Å². The second kappa shape index (κ2) is 4.18. The summed E-state index contributed by atoms with van der Waals surface area (Å²) in [5.74, 6) is -0.0631. The predicted octanol–water partition coefficient (Wildman–Crippen LogP) is 0.609. The lowest BCUT2D eigenvalue weighted by molar-refractivity contribution is -0.115. The van der Waals surface area contributed by atoms with Gasteiger partial charge in [-0.3, -0.25) is 4.79 Å². The number of aromatic nitrogens is 1. The van der Waals surface area contributed by atoms with Crippen LogP contribution in [0.25, 0.3) is 0 Å². The van der Waals surface area contributed by atoms with Gasteiger partial charge in [0.05, 0.1) is 6.54 Å². The van der Waals surface area contributed by atoms with Crippen molar-refractivity contribution >= 4 is 22.4 Å². The molecular formula is C7H11N3OS. The van der Waals surface area contributed by atoms with Crippen LogP contribution in [0.1, 0.15) is 4.88 Å². The zero-order chi connectivity index (χ0) is 8.97. The van der Waals surface area contributed by atoms with E-state index in [0.29, 0.717) is 11.7 Å². The maximum atomic E-state index is 11.0. The number of carbonyl (C=O) groups excluding carboxylic acids is 1. The van der Waals surface area contributed by atoms with Crippen LogP contribution in [-0.4, -0.2) is 24.5 Å². The number of carbonyl (C=O) groups is 1. The van der Waals surface area contributed by atoms with E-state index in [4.69, 9.17) is 0 Å². The molecule has 0 unspecified atom stereocenters. The van der Waals surface area contributed by atoms with Crippen LogP contribution in [0, 0.1) is 6.92 Å². The van der Waals surface area contributed by atoms with E-state index >= 15 is 0 Å². The summed E-state index contributed by atoms with van der Waals surface area (Å²) >= 11 is 1.47. The Balaban J connectivity index is 2.46. The van der Waals surface area contributed by atoms with Gasteiger partial charge in [-0.05, 0) is 14.0 Å². The fraction of sp³-hybridized carbons (Fsp3) is 0.429. The Kier molecular flexibility index (Phi) is 3.19. The Bertz CT molecular complexity index is 271. The first-order valence-corrected chi connectivity index (χ1v) is 4.41. The number of hydrogen-bond acceptors (Lipinski definition) is 4. The molecule has 0 bridgehead atoms. The van der Waals surface area contributed by atoms with Gasteiger partial charge in [0.25, 0.3) is 0 Å². The van der Waals surface area contributed by atoms with Gasteiger partial charge in [-0.25, -0.2) is 4.98 Å². The minimum atomic E-state index is -0.0631. The third-order valence-corrected chi connectivity index (χ3v) is 2.03. The van der Waals surface area contributed by atoms with Gasteiger partial charge in [0.1, 0.15) is 0 Å². The van der Waals surface area contributed by atoms with E-state index in [1.54, 1.807) is 13.2 Å². The number of nitrogens with one attached hydrogen (secondary N) is 2. The zero-order valence-corrected chi connectivity index (χ0v) is 7.86. The van der Waals surface area contributed by atoms with Gasteiger partial charge in [0.15, 0.2) is 5.13 Å². The molecule has 0 aliphatic heterocycles. The number of hydrogen-bond donors (Lipinski definition) is 2. The smallest absolute Gasteiger partial charge is 0.240 e. The molecule has 1 heterocycles. The summed E-state index contributed by atoms with van der Waals surface area (Å²) in [4.78, 5) is 16.1. The maximum absolute atomic E-state index is 11.0. The predicted molar refractivity (Wildman–Crippen MR) is 49.4 cm³/mol. The Morgan fingerprint density at radius 2 is 2.50 bits per heavy atom. The molecule has 1 rings (SSSR count). The molecule has 0 aromatic carbocycles. The summed E-state index contributed by atoms with van der Waals surface area (Å²) in [6, 6.07) is 0. The third kappa shape index (κ3) is 2.60. The summed E-state index contributed by atoms with van der Waals surface area (Å²) in [5.41, 5.74) is 0. The van der Waals surface area contributed by atoms with Crippen LogP contribution < -0.4 is 10.6 Å². The standard InChI is InChI=1S/C7H11N3OS/c1-5-3-9-7(12-5)10-6(11)4-8-2/h3,8H,4H2,1-2H3,(H,9,10,11). The highest BCUT2D eigenvalue weighted by atomic mass is 32.1. The van der Waals surface area contributed by atoms with Crippen molar-refractivity contribution in [1.29, 1.82) is 0 Å². The van der Waals surface area contributed by atoms with Crippen molar-refractivity contribution in [2.75, 3.05) is 18.9 Å². The Labute approximate surface area is 75.0 Å². The topological polar surface area (TPSA) is 54.0 Å². The van der Waals surface area contributed by atoms with Gasteiger partial charge >= 0.3 is 0 Å². The highest BCUT2D eigenvalue weighted by Gasteiger charge is 2.02. The lowest BCUT2D eigenvalue weighted by Gasteiger charge is -1.98. The molecule has 5 heteroatoms. The molecule has 1 aromatic rings. The molecule has 0 aliphatic rings. The SMILES string of the molecule is CNCC(=O)Nc1ncc(C)s1. The molecule has 0 atom stereocenters. The normalized spacial score (nSPS) is 9.83. The van der Waals surface area contributed by atoms with Crippen LogP contribution in [0.3, 0.4) is 0 Å². The van der Waals surface area contributed by atoms with Crippen molar-refractivity contribution < 1.29 is 4.79 Å². The number of nitrogens with zero attached hydrogens (tertiary/aromatic N) is 1. The first-order valence-electron chi connectivity index (χ1n) is 3.59. The van der Waals surface area contributed by atoms with E-state index in [9.17, 15) is 4.79 Å². The molecule has 1 aromatic heterocycles. The summed E-state index contributed by atoms with van der Waals surface area (Å²) in [6.07, 6.45) is 1.74. The summed E-state index contributed by atoms with van der Waals surface area (Å²) in [5, 5.41) is 6.09. The summed E-state index contributed by atoms with van der Waals surface area (Å²) in [6.45, 7) is 2.27. The summed E-state index contributed by atoms with van der Waals surface area (Å²) < 4.78 is 0.